The molecule has 2 aromatic heterocycles. The van der Waals surface area contributed by atoms with E-state index in [-0.39, 0.29) is 5.69 Å². The van der Waals surface area contributed by atoms with Gasteiger partial charge >= 0.3 is 5.97 Å². The molecule has 0 spiro atoms. The molecule has 0 aliphatic heterocycles. The quantitative estimate of drug-likeness (QED) is 0.761. The van der Waals surface area contributed by atoms with Crippen molar-refractivity contribution >= 4 is 11.9 Å². The third-order valence-electron chi connectivity index (χ3n) is 2.50. The van der Waals surface area contributed by atoms with E-state index in [4.69, 9.17) is 9.84 Å². The zero-order valence-corrected chi connectivity index (χ0v) is 11.8. The van der Waals surface area contributed by atoms with E-state index >= 15 is 0 Å². The van der Waals surface area contributed by atoms with Gasteiger partial charge in [-0.3, -0.25) is 0 Å². The van der Waals surface area contributed by atoms with Gasteiger partial charge in [0.05, 0.1) is 19.3 Å². The number of nitrogens with one attached hydrogen (secondary N) is 1. The lowest BCUT2D eigenvalue weighted by Gasteiger charge is -2.08. The summed E-state index contributed by atoms with van der Waals surface area (Å²) < 4.78 is 6.78. The fourth-order valence-electron chi connectivity index (χ4n) is 1.63. The Labute approximate surface area is 121 Å². The van der Waals surface area contributed by atoms with Crippen LogP contribution in [-0.2, 0) is 6.54 Å². The van der Waals surface area contributed by atoms with Crippen LogP contribution in [0.15, 0.2) is 12.3 Å². The predicted molar refractivity (Wildman–Crippen MR) is 73.4 cm³/mol. The van der Waals surface area contributed by atoms with Crippen molar-refractivity contribution in [2.45, 2.75) is 20.4 Å². The molecule has 2 aromatic rings. The van der Waals surface area contributed by atoms with Crippen molar-refractivity contribution in [1.29, 1.82) is 0 Å². The van der Waals surface area contributed by atoms with Crippen molar-refractivity contribution in [3.05, 3.63) is 23.7 Å². The molecule has 9 nitrogen and oxygen atoms in total. The molecular formula is C12H16N6O3. The van der Waals surface area contributed by atoms with E-state index in [0.29, 0.717) is 31.5 Å². The van der Waals surface area contributed by atoms with Gasteiger partial charge < -0.3 is 15.2 Å². The van der Waals surface area contributed by atoms with Gasteiger partial charge in [0.25, 0.3) is 0 Å². The van der Waals surface area contributed by atoms with Gasteiger partial charge in [-0.2, -0.15) is 4.98 Å². The Morgan fingerprint density at radius 2 is 2.29 bits per heavy atom. The molecule has 0 aliphatic carbocycles. The second kappa shape index (κ2) is 6.64. The van der Waals surface area contributed by atoms with Crippen molar-refractivity contribution in [3.8, 4) is 5.88 Å². The molecule has 0 aromatic carbocycles. The summed E-state index contributed by atoms with van der Waals surface area (Å²) in [5.74, 6) is -0.129. The molecule has 21 heavy (non-hydrogen) atoms. The average Bonchev–Trinajstić information content (AvgIpc) is 2.87. The molecule has 0 saturated carbocycles. The zero-order chi connectivity index (χ0) is 15.2. The number of aromatic carboxylic acids is 1. The lowest BCUT2D eigenvalue weighted by atomic mass is 10.4. The summed E-state index contributed by atoms with van der Waals surface area (Å²) in [6.07, 6.45) is 1.37. The molecule has 0 atom stereocenters. The van der Waals surface area contributed by atoms with Crippen LogP contribution in [-0.4, -0.2) is 49.2 Å². The lowest BCUT2D eigenvalue weighted by Crippen LogP contribution is -2.13. The van der Waals surface area contributed by atoms with Gasteiger partial charge in [-0.15, -0.1) is 5.10 Å². The molecule has 0 fully saturated rings. The number of hydrogen-bond acceptors (Lipinski definition) is 7. The van der Waals surface area contributed by atoms with Crippen LogP contribution in [0.2, 0.25) is 0 Å². The number of aromatic nitrogens is 5. The van der Waals surface area contributed by atoms with Gasteiger partial charge in [-0.1, -0.05) is 5.21 Å². The van der Waals surface area contributed by atoms with E-state index in [1.807, 2.05) is 13.8 Å². The molecule has 0 aliphatic rings. The van der Waals surface area contributed by atoms with Crippen molar-refractivity contribution in [2.24, 2.45) is 0 Å². The first-order chi connectivity index (χ1) is 10.1. The highest BCUT2D eigenvalue weighted by Gasteiger charge is 2.08. The summed E-state index contributed by atoms with van der Waals surface area (Å²) in [5, 5.41) is 19.0. The highest BCUT2D eigenvalue weighted by atomic mass is 16.5. The van der Waals surface area contributed by atoms with Crippen LogP contribution >= 0.6 is 0 Å². The summed E-state index contributed by atoms with van der Waals surface area (Å²) in [6.45, 7) is 5.20. The first kappa shape index (κ1) is 14.7. The monoisotopic (exact) mass is 292 g/mol. The minimum Gasteiger partial charge on any atom is -0.478 e. The summed E-state index contributed by atoms with van der Waals surface area (Å²) in [7, 11) is 0. The predicted octanol–water partition coefficient (Wildman–Crippen LogP) is 0.586. The molecule has 0 unspecified atom stereocenters. The summed E-state index contributed by atoms with van der Waals surface area (Å²) in [4.78, 5) is 19.1. The summed E-state index contributed by atoms with van der Waals surface area (Å²) in [6, 6.07) is 1.76. The lowest BCUT2D eigenvalue weighted by molar-refractivity contribution is 0.0690. The van der Waals surface area contributed by atoms with E-state index in [1.54, 1.807) is 6.07 Å². The van der Waals surface area contributed by atoms with E-state index in [1.165, 1.54) is 10.9 Å². The molecule has 9 heteroatoms. The molecule has 0 radical (unpaired) electrons. The number of anilines is 1. The number of ether oxygens (including phenoxy) is 1. The molecule has 0 bridgehead atoms. The van der Waals surface area contributed by atoms with E-state index in [2.05, 4.69) is 25.6 Å². The standard InChI is InChI=1S/C12H16N6O3/c1-3-21-10-6-8(2)14-12(15-10)13-4-5-18-7-9(11(19)20)16-17-18/h6-7H,3-5H2,1-2H3,(H,19,20)(H,13,14,15). The van der Waals surface area contributed by atoms with Crippen molar-refractivity contribution in [2.75, 3.05) is 18.5 Å². The first-order valence-electron chi connectivity index (χ1n) is 6.44. The number of rotatable bonds is 7. The molecule has 2 heterocycles. The SMILES string of the molecule is CCOc1cc(C)nc(NCCn2cc(C(=O)O)nn2)n1. The van der Waals surface area contributed by atoms with Crippen LogP contribution in [0.1, 0.15) is 23.1 Å². The maximum atomic E-state index is 10.7. The topological polar surface area (TPSA) is 115 Å². The molecule has 0 saturated heterocycles. The Balaban J connectivity index is 1.91. The maximum absolute atomic E-state index is 10.7. The highest BCUT2D eigenvalue weighted by molar-refractivity contribution is 5.84. The maximum Gasteiger partial charge on any atom is 0.358 e. The second-order valence-corrected chi connectivity index (χ2v) is 4.20. The molecule has 112 valence electrons. The van der Waals surface area contributed by atoms with E-state index in [0.717, 1.165) is 5.69 Å². The fraction of sp³-hybridized carbons (Fsp3) is 0.417. The van der Waals surface area contributed by atoms with Crippen molar-refractivity contribution in [3.63, 3.8) is 0 Å². The molecule has 0 amide bonds. The Morgan fingerprint density at radius 3 is 2.95 bits per heavy atom. The van der Waals surface area contributed by atoms with Gasteiger partial charge in [0.15, 0.2) is 5.69 Å². The normalized spacial score (nSPS) is 10.4. The van der Waals surface area contributed by atoms with E-state index < -0.39 is 5.97 Å². The van der Waals surface area contributed by atoms with Crippen LogP contribution in [0.4, 0.5) is 5.95 Å². The Hall–Kier alpha value is -2.71. The van der Waals surface area contributed by atoms with Gasteiger partial charge in [-0.25, -0.2) is 14.5 Å². The fourth-order valence-corrected chi connectivity index (χ4v) is 1.63. The van der Waals surface area contributed by atoms with Crippen LogP contribution in [0.5, 0.6) is 5.88 Å². The minimum absolute atomic E-state index is 0.0829. The smallest absolute Gasteiger partial charge is 0.358 e. The van der Waals surface area contributed by atoms with Crippen LogP contribution < -0.4 is 10.1 Å². The number of carbonyl (C=O) groups is 1. The first-order valence-corrected chi connectivity index (χ1v) is 6.44. The van der Waals surface area contributed by atoms with Gasteiger partial charge in [-0.05, 0) is 13.8 Å². The van der Waals surface area contributed by atoms with Crippen molar-refractivity contribution < 1.29 is 14.6 Å². The Kier molecular flexibility index (Phi) is 4.64. The zero-order valence-electron chi connectivity index (χ0n) is 11.8. The van der Waals surface area contributed by atoms with Gasteiger partial charge in [0.2, 0.25) is 11.8 Å². The average molecular weight is 292 g/mol. The highest BCUT2D eigenvalue weighted by Crippen LogP contribution is 2.11. The van der Waals surface area contributed by atoms with Gasteiger partial charge in [0, 0.05) is 18.3 Å². The number of aryl methyl sites for hydroxylation is 1. The summed E-state index contributed by atoms with van der Waals surface area (Å²) >= 11 is 0. The third-order valence-corrected chi connectivity index (χ3v) is 2.50. The molecular weight excluding hydrogens is 276 g/mol. The minimum atomic E-state index is -1.10. The number of carboxylic acid groups (broad SMARTS) is 1. The summed E-state index contributed by atoms with van der Waals surface area (Å²) in [5.41, 5.74) is 0.713. The molecule has 2 rings (SSSR count). The van der Waals surface area contributed by atoms with Crippen LogP contribution in [0.3, 0.4) is 0 Å². The van der Waals surface area contributed by atoms with Crippen molar-refractivity contribution in [1.82, 2.24) is 25.0 Å². The number of hydrogen-bond donors (Lipinski definition) is 2. The van der Waals surface area contributed by atoms with Crippen LogP contribution in [0, 0.1) is 6.92 Å². The Morgan fingerprint density at radius 1 is 1.48 bits per heavy atom. The number of nitrogens with zero attached hydrogens (tertiary/aromatic N) is 5. The largest absolute Gasteiger partial charge is 0.478 e. The number of carboxylic acids is 1. The van der Waals surface area contributed by atoms with Crippen LogP contribution in [0.25, 0.3) is 0 Å². The van der Waals surface area contributed by atoms with E-state index in [9.17, 15) is 4.79 Å². The third kappa shape index (κ3) is 4.13. The molecule has 2 N–H and O–H groups in total. The van der Waals surface area contributed by atoms with Gasteiger partial charge in [0.1, 0.15) is 0 Å². The Bertz CT molecular complexity index is 627. The second-order valence-electron chi connectivity index (χ2n) is 4.20.